The Bertz CT molecular complexity index is 1140. The maximum absolute atomic E-state index is 13.1. The van der Waals surface area contributed by atoms with Crippen molar-refractivity contribution in [3.63, 3.8) is 0 Å². The molecule has 31 heavy (non-hydrogen) atoms. The van der Waals surface area contributed by atoms with Crippen molar-refractivity contribution in [1.82, 2.24) is 15.2 Å². The Morgan fingerprint density at radius 3 is 2.52 bits per heavy atom. The van der Waals surface area contributed by atoms with Crippen LogP contribution in [-0.2, 0) is 6.18 Å². The number of hydrogen-bond donors (Lipinski definition) is 3. The smallest absolute Gasteiger partial charge is 0.399 e. The number of nitrogens with one attached hydrogen (secondary N) is 1. The lowest BCUT2D eigenvalue weighted by Gasteiger charge is -2.45. The van der Waals surface area contributed by atoms with Crippen LogP contribution in [0.4, 0.5) is 30.4 Å². The van der Waals surface area contributed by atoms with Crippen molar-refractivity contribution in [1.29, 1.82) is 0 Å². The average molecular weight is 432 g/mol. The zero-order valence-electron chi connectivity index (χ0n) is 17.3. The number of aromatic nitrogens is 3. The summed E-state index contributed by atoms with van der Waals surface area (Å²) < 4.78 is 39.4. The van der Waals surface area contributed by atoms with Gasteiger partial charge in [0.05, 0.1) is 23.0 Å². The number of nitrogens with two attached hydrogens (primary N) is 1. The summed E-state index contributed by atoms with van der Waals surface area (Å²) in [4.78, 5) is 5.77. The van der Waals surface area contributed by atoms with Gasteiger partial charge in [0.25, 0.3) is 0 Å². The van der Waals surface area contributed by atoms with E-state index >= 15 is 0 Å². The summed E-state index contributed by atoms with van der Waals surface area (Å²) in [6.45, 7) is 6.34. The average Bonchev–Trinajstić information content (AvgIpc) is 2.66. The highest BCUT2D eigenvalue weighted by Crippen LogP contribution is 2.34. The van der Waals surface area contributed by atoms with Gasteiger partial charge in [0, 0.05) is 35.2 Å². The first-order valence-electron chi connectivity index (χ1n) is 9.78. The summed E-state index contributed by atoms with van der Waals surface area (Å²) in [6.07, 6.45) is -4.59. The van der Waals surface area contributed by atoms with Crippen LogP contribution in [0.25, 0.3) is 10.8 Å². The topological polar surface area (TPSA) is 100 Å². The molecule has 4 rings (SSSR count). The largest absolute Gasteiger partial charge is 0.433 e. The Hall–Kier alpha value is -3.14. The molecule has 0 bridgehead atoms. The van der Waals surface area contributed by atoms with Crippen LogP contribution in [0, 0.1) is 6.92 Å². The number of fused-ring (bicyclic) bond motifs is 1. The van der Waals surface area contributed by atoms with Gasteiger partial charge >= 0.3 is 6.18 Å². The van der Waals surface area contributed by atoms with E-state index in [0.717, 1.165) is 28.2 Å². The van der Waals surface area contributed by atoms with Gasteiger partial charge in [-0.1, -0.05) is 6.07 Å². The van der Waals surface area contributed by atoms with Crippen LogP contribution in [0.15, 0.2) is 30.3 Å². The number of benzene rings is 1. The number of nitrogen functional groups attached to an aromatic ring is 1. The SMILES string of the molecule is Cc1nnc(N[C@H](C)c2cc(N)cc(C(F)(F)F)n2)c2cc(N3CC(C)(O)C3)ccc12. The minimum absolute atomic E-state index is 0.0158. The first-order valence-corrected chi connectivity index (χ1v) is 9.78. The highest BCUT2D eigenvalue weighted by molar-refractivity contribution is 5.95. The van der Waals surface area contributed by atoms with Crippen molar-refractivity contribution in [2.24, 2.45) is 0 Å². The molecular weight excluding hydrogens is 409 g/mol. The van der Waals surface area contributed by atoms with Crippen molar-refractivity contribution >= 4 is 28.0 Å². The molecule has 0 radical (unpaired) electrons. The second kappa shape index (κ2) is 7.23. The molecule has 164 valence electrons. The summed E-state index contributed by atoms with van der Waals surface area (Å²) in [5.74, 6) is 0.431. The fraction of sp³-hybridized carbons (Fsp3) is 0.381. The molecule has 0 unspecified atom stereocenters. The zero-order valence-corrected chi connectivity index (χ0v) is 17.3. The Balaban J connectivity index is 1.68. The normalized spacial score (nSPS) is 16.8. The van der Waals surface area contributed by atoms with Crippen molar-refractivity contribution in [2.75, 3.05) is 29.0 Å². The van der Waals surface area contributed by atoms with Gasteiger partial charge in [-0.2, -0.15) is 18.3 Å². The first-order chi connectivity index (χ1) is 14.4. The van der Waals surface area contributed by atoms with Crippen molar-refractivity contribution in [2.45, 2.75) is 38.6 Å². The van der Waals surface area contributed by atoms with Gasteiger partial charge in [0.15, 0.2) is 5.82 Å². The maximum atomic E-state index is 13.1. The minimum Gasteiger partial charge on any atom is -0.399 e. The summed E-state index contributed by atoms with van der Waals surface area (Å²) in [7, 11) is 0. The molecule has 4 N–H and O–H groups in total. The predicted molar refractivity (Wildman–Crippen MR) is 113 cm³/mol. The van der Waals surface area contributed by atoms with Crippen molar-refractivity contribution in [3.05, 3.63) is 47.4 Å². The molecule has 1 aliphatic heterocycles. The Kier molecular flexibility index (Phi) is 4.92. The lowest BCUT2D eigenvalue weighted by molar-refractivity contribution is -0.141. The zero-order chi connectivity index (χ0) is 22.6. The fourth-order valence-corrected chi connectivity index (χ4v) is 3.76. The summed E-state index contributed by atoms with van der Waals surface area (Å²) in [5, 5.41) is 23.2. The highest BCUT2D eigenvalue weighted by Gasteiger charge is 2.37. The third-order valence-electron chi connectivity index (χ3n) is 5.33. The molecule has 3 aromatic rings. The van der Waals surface area contributed by atoms with Crippen molar-refractivity contribution < 1.29 is 18.3 Å². The third-order valence-corrected chi connectivity index (χ3v) is 5.33. The molecule has 1 aromatic carbocycles. The third kappa shape index (κ3) is 4.20. The summed E-state index contributed by atoms with van der Waals surface area (Å²) >= 11 is 0. The minimum atomic E-state index is -4.59. The first kappa shape index (κ1) is 21.1. The summed E-state index contributed by atoms with van der Waals surface area (Å²) in [5.41, 5.74) is 5.71. The van der Waals surface area contributed by atoms with Gasteiger partial charge in [0.1, 0.15) is 5.69 Å². The van der Waals surface area contributed by atoms with E-state index in [2.05, 4.69) is 20.5 Å². The van der Waals surface area contributed by atoms with Gasteiger partial charge in [-0.25, -0.2) is 4.98 Å². The van der Waals surface area contributed by atoms with Crippen LogP contribution in [0.1, 0.15) is 37.0 Å². The maximum Gasteiger partial charge on any atom is 0.433 e. The number of anilines is 3. The molecule has 0 aliphatic carbocycles. The molecule has 1 saturated heterocycles. The second-order valence-electron chi connectivity index (χ2n) is 8.29. The van der Waals surface area contributed by atoms with E-state index in [1.54, 1.807) is 13.8 Å². The van der Waals surface area contributed by atoms with E-state index in [1.165, 1.54) is 6.07 Å². The Morgan fingerprint density at radius 1 is 1.16 bits per heavy atom. The van der Waals surface area contributed by atoms with E-state index in [9.17, 15) is 18.3 Å². The number of halogens is 3. The Labute approximate surface area is 177 Å². The molecule has 7 nitrogen and oxygen atoms in total. The molecule has 1 fully saturated rings. The molecule has 1 aliphatic rings. The van der Waals surface area contributed by atoms with E-state index in [4.69, 9.17) is 5.73 Å². The number of pyridine rings is 1. The Morgan fingerprint density at radius 2 is 1.87 bits per heavy atom. The monoisotopic (exact) mass is 432 g/mol. The van der Waals surface area contributed by atoms with E-state index in [1.807, 2.05) is 30.0 Å². The van der Waals surface area contributed by atoms with Gasteiger partial charge < -0.3 is 21.1 Å². The lowest BCUT2D eigenvalue weighted by atomic mass is 9.95. The number of β-amino-alcohol motifs (C(OH)–C–C–N with tert-alkyl or cyclic N) is 1. The predicted octanol–water partition coefficient (Wildman–Crippen LogP) is 3.68. The van der Waals surface area contributed by atoms with Crippen LogP contribution >= 0.6 is 0 Å². The van der Waals surface area contributed by atoms with Gasteiger partial charge in [-0.05, 0) is 45.0 Å². The van der Waals surface area contributed by atoms with E-state index in [0.29, 0.717) is 18.9 Å². The van der Waals surface area contributed by atoms with Gasteiger partial charge in [-0.15, -0.1) is 5.10 Å². The van der Waals surface area contributed by atoms with Crippen molar-refractivity contribution in [3.8, 4) is 0 Å². The number of rotatable bonds is 4. The standard InChI is InChI=1S/C21H23F3N6O/c1-11-15-5-4-14(30-9-20(3,31)10-30)8-16(15)19(29-28-11)26-12(2)17-6-13(25)7-18(27-17)21(22,23)24/h4-8,12,31H,9-10H2,1-3H3,(H2,25,27)(H,26,29)/t12-/m1/s1. The number of nitrogens with zero attached hydrogens (tertiary/aromatic N) is 4. The van der Waals surface area contributed by atoms with Gasteiger partial charge in [-0.3, -0.25) is 0 Å². The molecule has 0 saturated carbocycles. The van der Waals surface area contributed by atoms with Gasteiger partial charge in [0.2, 0.25) is 0 Å². The number of alkyl halides is 3. The van der Waals surface area contributed by atoms with Crippen LogP contribution in [0.5, 0.6) is 0 Å². The van der Waals surface area contributed by atoms with Crippen LogP contribution in [-0.4, -0.2) is 39.0 Å². The molecular formula is C21H23F3N6O. The number of hydrogen-bond acceptors (Lipinski definition) is 7. The second-order valence-corrected chi connectivity index (χ2v) is 8.29. The van der Waals surface area contributed by atoms with Crippen LogP contribution in [0.2, 0.25) is 0 Å². The summed E-state index contributed by atoms with van der Waals surface area (Å²) in [6, 6.07) is 7.44. The number of aryl methyl sites for hydroxylation is 1. The number of aliphatic hydroxyl groups is 1. The molecule has 0 amide bonds. The quantitative estimate of drug-likeness (QED) is 0.578. The van der Waals surface area contributed by atoms with Crippen LogP contribution in [0.3, 0.4) is 0 Å². The molecule has 3 heterocycles. The van der Waals surface area contributed by atoms with E-state index in [-0.39, 0.29) is 11.4 Å². The molecule has 10 heteroatoms. The lowest BCUT2D eigenvalue weighted by Crippen LogP contribution is -2.60. The fourth-order valence-electron chi connectivity index (χ4n) is 3.76. The molecule has 1 atom stereocenters. The van der Waals surface area contributed by atoms with Crippen LogP contribution < -0.4 is 16.0 Å². The molecule has 2 aromatic heterocycles. The molecule has 0 spiro atoms. The highest BCUT2D eigenvalue weighted by atomic mass is 19.4. The van der Waals surface area contributed by atoms with E-state index < -0.39 is 23.5 Å².